The zero-order chi connectivity index (χ0) is 11.4. The Morgan fingerprint density at radius 2 is 2.50 bits per heavy atom. The number of nitrogens with zero attached hydrogens (tertiary/aromatic N) is 1. The molecule has 6 heteroatoms. The molecule has 0 radical (unpaired) electrons. The average molecular weight is 241 g/mol. The molecule has 0 saturated heterocycles. The molecule has 2 atom stereocenters. The van der Waals surface area contributed by atoms with E-state index >= 15 is 0 Å². The van der Waals surface area contributed by atoms with E-state index in [1.165, 1.54) is 11.3 Å². The van der Waals surface area contributed by atoms with Gasteiger partial charge in [-0.2, -0.15) is 0 Å². The molecule has 1 aromatic rings. The number of carbonyl (C=O) groups is 1. The molecule has 1 aliphatic rings. The zero-order valence-corrected chi connectivity index (χ0v) is 9.67. The van der Waals surface area contributed by atoms with Crippen LogP contribution >= 0.6 is 11.3 Å². The summed E-state index contributed by atoms with van der Waals surface area (Å²) >= 11 is 1.38. The van der Waals surface area contributed by atoms with Crippen molar-refractivity contribution in [1.29, 1.82) is 0 Å². The van der Waals surface area contributed by atoms with Crippen LogP contribution in [0.4, 0.5) is 9.93 Å². The SMILES string of the molecule is O=C(NC[C@@H]1CCC[C@H]1O)Nc1nccs1. The number of aromatic nitrogens is 1. The van der Waals surface area contributed by atoms with E-state index in [2.05, 4.69) is 15.6 Å². The van der Waals surface area contributed by atoms with Gasteiger partial charge in [0.25, 0.3) is 0 Å². The highest BCUT2D eigenvalue weighted by Crippen LogP contribution is 2.24. The van der Waals surface area contributed by atoms with Crippen molar-refractivity contribution in [3.63, 3.8) is 0 Å². The highest BCUT2D eigenvalue weighted by Gasteiger charge is 2.25. The number of hydrogen-bond acceptors (Lipinski definition) is 4. The summed E-state index contributed by atoms with van der Waals surface area (Å²) in [7, 11) is 0. The lowest BCUT2D eigenvalue weighted by Crippen LogP contribution is -2.35. The van der Waals surface area contributed by atoms with E-state index in [0.29, 0.717) is 11.7 Å². The Morgan fingerprint density at radius 1 is 1.62 bits per heavy atom. The molecule has 0 aromatic carbocycles. The second-order valence-electron chi connectivity index (χ2n) is 3.93. The summed E-state index contributed by atoms with van der Waals surface area (Å²) in [6, 6.07) is -0.256. The van der Waals surface area contributed by atoms with Gasteiger partial charge in [0.2, 0.25) is 0 Å². The monoisotopic (exact) mass is 241 g/mol. The number of hydrogen-bond donors (Lipinski definition) is 3. The zero-order valence-electron chi connectivity index (χ0n) is 8.85. The molecule has 1 heterocycles. The summed E-state index contributed by atoms with van der Waals surface area (Å²) < 4.78 is 0. The number of rotatable bonds is 3. The molecule has 0 unspecified atom stereocenters. The topological polar surface area (TPSA) is 74.2 Å². The van der Waals surface area contributed by atoms with Gasteiger partial charge in [-0.3, -0.25) is 5.32 Å². The Hall–Kier alpha value is -1.14. The fourth-order valence-electron chi connectivity index (χ4n) is 1.91. The van der Waals surface area contributed by atoms with Crippen LogP contribution in [0.1, 0.15) is 19.3 Å². The summed E-state index contributed by atoms with van der Waals surface area (Å²) in [5, 5.41) is 17.4. The number of urea groups is 1. The minimum atomic E-state index is -0.264. The van der Waals surface area contributed by atoms with Crippen LogP contribution < -0.4 is 10.6 Å². The van der Waals surface area contributed by atoms with E-state index < -0.39 is 0 Å². The third kappa shape index (κ3) is 2.93. The van der Waals surface area contributed by atoms with Gasteiger partial charge in [-0.05, 0) is 12.8 Å². The van der Waals surface area contributed by atoms with E-state index in [9.17, 15) is 9.90 Å². The molecule has 0 aliphatic heterocycles. The quantitative estimate of drug-likeness (QED) is 0.749. The first-order valence-electron chi connectivity index (χ1n) is 5.38. The normalized spacial score (nSPS) is 24.3. The molecule has 0 bridgehead atoms. The van der Waals surface area contributed by atoms with E-state index in [4.69, 9.17) is 0 Å². The standard InChI is InChI=1S/C10H15N3O2S/c14-8-3-1-2-7(8)6-12-9(15)13-10-11-4-5-16-10/h4-5,7-8,14H,1-3,6H2,(H2,11,12,13,15)/t7-,8+/m0/s1. The number of amides is 2. The second-order valence-corrected chi connectivity index (χ2v) is 4.83. The highest BCUT2D eigenvalue weighted by molar-refractivity contribution is 7.13. The Labute approximate surface area is 97.9 Å². The summed E-state index contributed by atoms with van der Waals surface area (Å²) in [6.07, 6.45) is 4.25. The molecule has 5 nitrogen and oxygen atoms in total. The van der Waals surface area contributed by atoms with Gasteiger partial charge in [-0.15, -0.1) is 11.3 Å². The minimum Gasteiger partial charge on any atom is -0.393 e. The van der Waals surface area contributed by atoms with Gasteiger partial charge in [-0.1, -0.05) is 6.42 Å². The van der Waals surface area contributed by atoms with Crippen LogP contribution in [-0.2, 0) is 0 Å². The Morgan fingerprint density at radius 3 is 3.12 bits per heavy atom. The summed E-state index contributed by atoms with van der Waals surface area (Å²) in [5.41, 5.74) is 0. The first-order chi connectivity index (χ1) is 7.75. The third-order valence-corrected chi connectivity index (χ3v) is 3.49. The van der Waals surface area contributed by atoms with Crippen LogP contribution in [0.25, 0.3) is 0 Å². The van der Waals surface area contributed by atoms with Crippen molar-refractivity contribution in [2.45, 2.75) is 25.4 Å². The first kappa shape index (κ1) is 11.3. The van der Waals surface area contributed by atoms with Gasteiger partial charge < -0.3 is 10.4 Å². The molecule has 16 heavy (non-hydrogen) atoms. The predicted octanol–water partition coefficient (Wildman–Crippen LogP) is 1.43. The Kier molecular flexibility index (Phi) is 3.74. The molecule has 2 rings (SSSR count). The second kappa shape index (κ2) is 5.27. The minimum absolute atomic E-state index is 0.196. The van der Waals surface area contributed by atoms with Crippen LogP contribution in [-0.4, -0.2) is 28.8 Å². The number of anilines is 1. The van der Waals surface area contributed by atoms with Crippen molar-refractivity contribution in [2.24, 2.45) is 5.92 Å². The van der Waals surface area contributed by atoms with Crippen LogP contribution in [0, 0.1) is 5.92 Å². The van der Waals surface area contributed by atoms with Gasteiger partial charge in [0.1, 0.15) is 0 Å². The van der Waals surface area contributed by atoms with Crippen molar-refractivity contribution >= 4 is 22.5 Å². The van der Waals surface area contributed by atoms with Gasteiger partial charge >= 0.3 is 6.03 Å². The fraction of sp³-hybridized carbons (Fsp3) is 0.600. The van der Waals surface area contributed by atoms with E-state index in [1.54, 1.807) is 11.6 Å². The Bertz CT molecular complexity index is 342. The van der Waals surface area contributed by atoms with E-state index in [-0.39, 0.29) is 18.1 Å². The lowest BCUT2D eigenvalue weighted by Gasteiger charge is -2.14. The maximum absolute atomic E-state index is 11.4. The van der Waals surface area contributed by atoms with Crippen LogP contribution in [0.5, 0.6) is 0 Å². The summed E-state index contributed by atoms with van der Waals surface area (Å²) in [4.78, 5) is 15.4. The van der Waals surface area contributed by atoms with Crippen LogP contribution in [0.15, 0.2) is 11.6 Å². The molecule has 88 valence electrons. The lowest BCUT2D eigenvalue weighted by atomic mass is 10.1. The molecule has 1 saturated carbocycles. The van der Waals surface area contributed by atoms with E-state index in [0.717, 1.165) is 19.3 Å². The van der Waals surface area contributed by atoms with Crippen molar-refractivity contribution in [1.82, 2.24) is 10.3 Å². The first-order valence-corrected chi connectivity index (χ1v) is 6.26. The van der Waals surface area contributed by atoms with Crippen molar-refractivity contribution < 1.29 is 9.90 Å². The van der Waals surface area contributed by atoms with Gasteiger partial charge in [0.15, 0.2) is 5.13 Å². The lowest BCUT2D eigenvalue weighted by molar-refractivity contribution is 0.133. The van der Waals surface area contributed by atoms with Crippen molar-refractivity contribution in [3.05, 3.63) is 11.6 Å². The van der Waals surface area contributed by atoms with Crippen molar-refractivity contribution in [2.75, 3.05) is 11.9 Å². The maximum atomic E-state index is 11.4. The highest BCUT2D eigenvalue weighted by atomic mass is 32.1. The number of nitrogens with one attached hydrogen (secondary N) is 2. The predicted molar refractivity (Wildman–Crippen MR) is 62.5 cm³/mol. The van der Waals surface area contributed by atoms with Crippen LogP contribution in [0.3, 0.4) is 0 Å². The van der Waals surface area contributed by atoms with Gasteiger partial charge in [-0.25, -0.2) is 9.78 Å². The third-order valence-electron chi connectivity index (χ3n) is 2.80. The van der Waals surface area contributed by atoms with Crippen molar-refractivity contribution in [3.8, 4) is 0 Å². The molecule has 1 aromatic heterocycles. The molecule has 1 aliphatic carbocycles. The molecular weight excluding hydrogens is 226 g/mol. The molecular formula is C10H15N3O2S. The average Bonchev–Trinajstić information content (AvgIpc) is 2.87. The van der Waals surface area contributed by atoms with Gasteiger partial charge in [0.05, 0.1) is 6.10 Å². The Balaban J connectivity index is 1.71. The maximum Gasteiger partial charge on any atom is 0.321 e. The number of carbonyl (C=O) groups excluding carboxylic acids is 1. The molecule has 3 N–H and O–H groups in total. The van der Waals surface area contributed by atoms with Gasteiger partial charge in [0, 0.05) is 24.0 Å². The smallest absolute Gasteiger partial charge is 0.321 e. The summed E-state index contributed by atoms with van der Waals surface area (Å²) in [6.45, 7) is 0.526. The summed E-state index contributed by atoms with van der Waals surface area (Å²) in [5.74, 6) is 0.196. The van der Waals surface area contributed by atoms with Crippen LogP contribution in [0.2, 0.25) is 0 Å². The van der Waals surface area contributed by atoms with E-state index in [1.807, 2.05) is 0 Å². The number of aliphatic hydroxyl groups is 1. The number of aliphatic hydroxyl groups excluding tert-OH is 1. The molecule has 0 spiro atoms. The fourth-order valence-corrected chi connectivity index (χ4v) is 2.43. The molecule has 1 fully saturated rings. The number of thiazole rings is 1. The molecule has 2 amide bonds. The largest absolute Gasteiger partial charge is 0.393 e.